The predicted molar refractivity (Wildman–Crippen MR) is 118 cm³/mol. The normalized spacial score (nSPS) is 16.9. The Morgan fingerprint density at radius 1 is 1.10 bits per heavy atom. The van der Waals surface area contributed by atoms with E-state index in [1.165, 1.54) is 4.57 Å². The summed E-state index contributed by atoms with van der Waals surface area (Å²) in [5.74, 6) is -1.13. The van der Waals surface area contributed by atoms with Crippen molar-refractivity contribution in [3.63, 3.8) is 0 Å². The van der Waals surface area contributed by atoms with Gasteiger partial charge in [0.2, 0.25) is 5.91 Å². The highest BCUT2D eigenvalue weighted by molar-refractivity contribution is 6.01. The molecular weight excluding hydrogens is 398 g/mol. The Labute approximate surface area is 180 Å². The number of hydrogen-bond acceptors (Lipinski definition) is 6. The molecule has 0 saturated carbocycles. The van der Waals surface area contributed by atoms with Crippen LogP contribution in [0.15, 0.2) is 39.9 Å². The molecule has 1 aromatic heterocycles. The molecule has 1 unspecified atom stereocenters. The number of carbonyl (C=O) groups is 2. The Morgan fingerprint density at radius 2 is 1.81 bits per heavy atom. The van der Waals surface area contributed by atoms with Gasteiger partial charge in [0.25, 0.3) is 5.56 Å². The number of nitrogens with two attached hydrogens (primary N) is 2. The van der Waals surface area contributed by atoms with Gasteiger partial charge >= 0.3 is 5.69 Å². The minimum atomic E-state index is -0.696. The van der Waals surface area contributed by atoms with Crippen LogP contribution in [-0.4, -0.2) is 44.9 Å². The number of likely N-dealkylation sites (tertiary alicyclic amines) is 1. The molecule has 2 aromatic rings. The summed E-state index contributed by atoms with van der Waals surface area (Å²) in [5.41, 5.74) is 11.3. The van der Waals surface area contributed by atoms with E-state index in [1.54, 1.807) is 11.8 Å². The van der Waals surface area contributed by atoms with E-state index in [0.717, 1.165) is 23.0 Å². The molecule has 3 rings (SSSR count). The summed E-state index contributed by atoms with van der Waals surface area (Å²) in [6, 6.07) is 9.02. The lowest BCUT2D eigenvalue weighted by Crippen LogP contribution is -2.51. The van der Waals surface area contributed by atoms with Gasteiger partial charge in [0, 0.05) is 13.1 Å². The van der Waals surface area contributed by atoms with Crippen LogP contribution in [0, 0.1) is 0 Å². The minimum Gasteiger partial charge on any atom is -0.384 e. The fourth-order valence-corrected chi connectivity index (χ4v) is 4.12. The summed E-state index contributed by atoms with van der Waals surface area (Å²) in [4.78, 5) is 52.3. The molecule has 1 atom stereocenters. The first-order valence-electron chi connectivity index (χ1n) is 10.6. The Morgan fingerprint density at radius 3 is 2.45 bits per heavy atom. The van der Waals surface area contributed by atoms with E-state index in [4.69, 9.17) is 11.5 Å². The lowest BCUT2D eigenvalue weighted by atomic mass is 10.0. The number of benzene rings is 1. The van der Waals surface area contributed by atoms with Crippen molar-refractivity contribution in [1.29, 1.82) is 0 Å². The Hall–Kier alpha value is -3.20. The molecule has 1 aliphatic rings. The van der Waals surface area contributed by atoms with Crippen LogP contribution in [0.3, 0.4) is 0 Å². The number of Topliss-reactive ketones (excluding diaryl/α,β-unsaturated/α-hetero) is 1. The number of carbonyl (C=O) groups excluding carboxylic acids is 2. The number of ketones is 1. The Bertz CT molecular complexity index is 1070. The van der Waals surface area contributed by atoms with Crippen LogP contribution < -0.4 is 22.7 Å². The highest BCUT2D eigenvalue weighted by Gasteiger charge is 2.31. The molecule has 4 N–H and O–H groups in total. The number of hydrogen-bond donors (Lipinski definition) is 2. The van der Waals surface area contributed by atoms with Crippen molar-refractivity contribution in [3.8, 4) is 0 Å². The van der Waals surface area contributed by atoms with Crippen molar-refractivity contribution in [2.24, 2.45) is 5.73 Å². The number of nitrogen functional groups attached to an aromatic ring is 1. The minimum absolute atomic E-state index is 0.122. The standard InChI is InChI=1S/C22H29N5O4/c1-2-26-21(30)18(17(28)14-25-12-7-6-10-16(25)20(24)29)19(23)27(22(26)31)13-11-15-8-4-3-5-9-15/h3-5,8-9,16H,2,6-7,10-14,23H2,1H3,(H2,24,29). The number of nitrogens with zero attached hydrogens (tertiary/aromatic N) is 3. The van der Waals surface area contributed by atoms with Gasteiger partial charge in [0.15, 0.2) is 5.78 Å². The number of amides is 1. The monoisotopic (exact) mass is 427 g/mol. The fourth-order valence-electron chi connectivity index (χ4n) is 4.12. The number of rotatable bonds is 8. The molecule has 1 saturated heterocycles. The van der Waals surface area contributed by atoms with Gasteiger partial charge < -0.3 is 11.5 Å². The maximum atomic E-state index is 13.1. The molecule has 166 valence electrons. The van der Waals surface area contributed by atoms with E-state index in [2.05, 4.69) is 0 Å². The largest absolute Gasteiger partial charge is 0.384 e. The summed E-state index contributed by atoms with van der Waals surface area (Å²) < 4.78 is 2.31. The van der Waals surface area contributed by atoms with Gasteiger partial charge in [-0.05, 0) is 38.3 Å². The van der Waals surface area contributed by atoms with Gasteiger partial charge in [-0.25, -0.2) is 4.79 Å². The van der Waals surface area contributed by atoms with Gasteiger partial charge in [-0.15, -0.1) is 0 Å². The zero-order valence-corrected chi connectivity index (χ0v) is 17.8. The molecule has 0 aliphatic carbocycles. The van der Waals surface area contributed by atoms with Crippen molar-refractivity contribution < 1.29 is 9.59 Å². The van der Waals surface area contributed by atoms with Crippen molar-refractivity contribution >= 4 is 17.5 Å². The number of primary amides is 1. The third-order valence-electron chi connectivity index (χ3n) is 5.82. The van der Waals surface area contributed by atoms with Crippen LogP contribution in [0.4, 0.5) is 5.82 Å². The van der Waals surface area contributed by atoms with Crippen LogP contribution >= 0.6 is 0 Å². The molecule has 1 fully saturated rings. The van der Waals surface area contributed by atoms with Crippen LogP contribution in [0.25, 0.3) is 0 Å². The van der Waals surface area contributed by atoms with Crippen LogP contribution in [0.2, 0.25) is 0 Å². The predicted octanol–water partition coefficient (Wildman–Crippen LogP) is 0.377. The van der Waals surface area contributed by atoms with E-state index in [1.807, 2.05) is 30.3 Å². The van der Waals surface area contributed by atoms with Gasteiger partial charge in [-0.2, -0.15) is 0 Å². The molecule has 0 bridgehead atoms. The molecule has 2 heterocycles. The van der Waals surface area contributed by atoms with Crippen molar-refractivity contribution in [2.45, 2.75) is 51.7 Å². The maximum Gasteiger partial charge on any atom is 0.332 e. The van der Waals surface area contributed by atoms with E-state index < -0.39 is 29.0 Å². The molecule has 0 spiro atoms. The number of aryl methyl sites for hydroxylation is 1. The van der Waals surface area contributed by atoms with E-state index in [9.17, 15) is 19.2 Å². The van der Waals surface area contributed by atoms with E-state index >= 15 is 0 Å². The smallest absolute Gasteiger partial charge is 0.332 e. The Kier molecular flexibility index (Phi) is 7.06. The average Bonchev–Trinajstić information content (AvgIpc) is 2.75. The quantitative estimate of drug-likeness (QED) is 0.585. The van der Waals surface area contributed by atoms with Gasteiger partial charge in [-0.3, -0.25) is 28.4 Å². The van der Waals surface area contributed by atoms with Crippen LogP contribution in [-0.2, 0) is 24.3 Å². The highest BCUT2D eigenvalue weighted by atomic mass is 16.2. The molecule has 1 amide bonds. The molecule has 1 aliphatic heterocycles. The van der Waals surface area contributed by atoms with Gasteiger partial charge in [-0.1, -0.05) is 36.8 Å². The first-order chi connectivity index (χ1) is 14.8. The number of anilines is 1. The lowest BCUT2D eigenvalue weighted by molar-refractivity contribution is -0.124. The zero-order chi connectivity index (χ0) is 22.5. The average molecular weight is 428 g/mol. The zero-order valence-electron chi connectivity index (χ0n) is 17.8. The molecule has 9 heteroatoms. The molecule has 1 aromatic carbocycles. The Balaban J connectivity index is 1.95. The van der Waals surface area contributed by atoms with Gasteiger partial charge in [0.05, 0.1) is 12.6 Å². The summed E-state index contributed by atoms with van der Waals surface area (Å²) in [6.45, 7) is 2.42. The van der Waals surface area contributed by atoms with Gasteiger partial charge in [0.1, 0.15) is 11.4 Å². The summed E-state index contributed by atoms with van der Waals surface area (Å²) >= 11 is 0. The third-order valence-corrected chi connectivity index (χ3v) is 5.82. The maximum absolute atomic E-state index is 13.1. The summed E-state index contributed by atoms with van der Waals surface area (Å²) in [5, 5.41) is 0. The first kappa shape index (κ1) is 22.5. The fraction of sp³-hybridized carbons (Fsp3) is 0.455. The summed E-state index contributed by atoms with van der Waals surface area (Å²) in [7, 11) is 0. The molecule has 0 radical (unpaired) electrons. The highest BCUT2D eigenvalue weighted by Crippen LogP contribution is 2.18. The number of piperidine rings is 1. The molecule has 31 heavy (non-hydrogen) atoms. The third kappa shape index (κ3) is 4.77. The second-order valence-corrected chi connectivity index (χ2v) is 7.79. The van der Waals surface area contributed by atoms with Crippen molar-refractivity contribution in [2.75, 3.05) is 18.8 Å². The second kappa shape index (κ2) is 9.74. The molecular formula is C22H29N5O4. The van der Waals surface area contributed by atoms with E-state index in [-0.39, 0.29) is 31.0 Å². The van der Waals surface area contributed by atoms with Crippen molar-refractivity contribution in [3.05, 3.63) is 62.3 Å². The lowest BCUT2D eigenvalue weighted by Gasteiger charge is -2.33. The topological polar surface area (TPSA) is 133 Å². The second-order valence-electron chi connectivity index (χ2n) is 7.79. The molecule has 9 nitrogen and oxygen atoms in total. The van der Waals surface area contributed by atoms with Crippen molar-refractivity contribution in [1.82, 2.24) is 14.0 Å². The van der Waals surface area contributed by atoms with E-state index in [0.29, 0.717) is 19.4 Å². The summed E-state index contributed by atoms with van der Waals surface area (Å²) in [6.07, 6.45) is 2.79. The first-order valence-corrected chi connectivity index (χ1v) is 10.6. The SMILES string of the molecule is CCn1c(=O)c(C(=O)CN2CCCCC2C(N)=O)c(N)n(CCc2ccccc2)c1=O. The van der Waals surface area contributed by atoms with Crippen LogP contribution in [0.5, 0.6) is 0 Å². The number of aromatic nitrogens is 2. The van der Waals surface area contributed by atoms with Crippen LogP contribution in [0.1, 0.15) is 42.1 Å².